The number of alkyl halides is 1. The van der Waals surface area contributed by atoms with Crippen LogP contribution in [0.15, 0.2) is 52.3 Å². The van der Waals surface area contributed by atoms with E-state index < -0.39 is 5.41 Å². The standard InChI is InChI=1S/C21H27FN3PS/c1-21(22,26)16-7-8-20-18(15-16)25(17-5-2-3-6-19(17)27-20)12-4-11-24-13-9-23-10-14-24/h2-3,5-8,15,23H,4,9-14,26H2,1H3. The lowest BCUT2D eigenvalue weighted by Crippen LogP contribution is -2.44. The number of fused-ring (bicyclic) bond motifs is 2. The minimum atomic E-state index is -1.41. The first-order valence-corrected chi connectivity index (χ1v) is 11.0. The van der Waals surface area contributed by atoms with E-state index in [0.29, 0.717) is 5.56 Å². The van der Waals surface area contributed by atoms with Crippen LogP contribution in [0.4, 0.5) is 15.8 Å². The van der Waals surface area contributed by atoms with Gasteiger partial charge in [0.15, 0.2) is 0 Å². The highest BCUT2D eigenvalue weighted by atomic mass is 32.2. The van der Waals surface area contributed by atoms with Crippen molar-refractivity contribution in [2.75, 3.05) is 44.2 Å². The Labute approximate surface area is 167 Å². The van der Waals surface area contributed by atoms with E-state index in [1.807, 2.05) is 12.1 Å². The molecule has 144 valence electrons. The maximum Gasteiger partial charge on any atom is 0.145 e. The van der Waals surface area contributed by atoms with Gasteiger partial charge in [0.25, 0.3) is 0 Å². The molecule has 2 aliphatic rings. The highest BCUT2D eigenvalue weighted by Gasteiger charge is 2.27. The molecule has 2 heterocycles. The molecule has 3 nitrogen and oxygen atoms in total. The Balaban J connectivity index is 1.59. The first-order chi connectivity index (χ1) is 13.0. The van der Waals surface area contributed by atoms with E-state index in [0.717, 1.165) is 51.4 Å². The number of piperazine rings is 1. The predicted molar refractivity (Wildman–Crippen MR) is 116 cm³/mol. The fourth-order valence-corrected chi connectivity index (χ4v) is 5.02. The minimum absolute atomic E-state index is 0.707. The molecule has 0 spiro atoms. The predicted octanol–water partition coefficient (Wildman–Crippen LogP) is 4.60. The molecule has 1 fully saturated rings. The third-order valence-corrected chi connectivity index (χ3v) is 6.72. The molecule has 0 radical (unpaired) electrons. The average Bonchev–Trinajstić information content (AvgIpc) is 2.67. The fraction of sp³-hybridized carbons (Fsp3) is 0.429. The zero-order chi connectivity index (χ0) is 18.9. The molecule has 6 heteroatoms. The van der Waals surface area contributed by atoms with Gasteiger partial charge in [0.05, 0.1) is 11.4 Å². The zero-order valence-electron chi connectivity index (χ0n) is 15.7. The quantitative estimate of drug-likeness (QED) is 0.735. The smallest absolute Gasteiger partial charge is 0.145 e. The maximum absolute atomic E-state index is 14.5. The van der Waals surface area contributed by atoms with Crippen molar-refractivity contribution in [2.24, 2.45) is 0 Å². The number of anilines is 2. The fourth-order valence-electron chi connectivity index (χ4n) is 3.76. The molecular formula is C21H27FN3PS. The van der Waals surface area contributed by atoms with Crippen LogP contribution in [0.5, 0.6) is 0 Å². The Morgan fingerprint density at radius 2 is 1.81 bits per heavy atom. The number of nitrogens with one attached hydrogen (secondary N) is 1. The second-order valence-electron chi connectivity index (χ2n) is 7.42. The van der Waals surface area contributed by atoms with Crippen molar-refractivity contribution in [1.82, 2.24) is 10.2 Å². The first kappa shape index (κ1) is 19.2. The summed E-state index contributed by atoms with van der Waals surface area (Å²) < 4.78 is 14.5. The van der Waals surface area contributed by atoms with Crippen LogP contribution in [0.1, 0.15) is 18.9 Å². The van der Waals surface area contributed by atoms with Gasteiger partial charge in [0.1, 0.15) is 5.41 Å². The van der Waals surface area contributed by atoms with Gasteiger partial charge in [0, 0.05) is 42.5 Å². The van der Waals surface area contributed by atoms with Crippen molar-refractivity contribution >= 4 is 32.4 Å². The van der Waals surface area contributed by atoms with E-state index in [9.17, 15) is 4.39 Å². The van der Waals surface area contributed by atoms with Crippen LogP contribution in [0.2, 0.25) is 0 Å². The number of hydrogen-bond acceptors (Lipinski definition) is 4. The molecule has 0 aromatic heterocycles. The van der Waals surface area contributed by atoms with Crippen molar-refractivity contribution in [2.45, 2.75) is 28.5 Å². The molecule has 0 saturated carbocycles. The Bertz CT molecular complexity index is 802. The Morgan fingerprint density at radius 3 is 2.59 bits per heavy atom. The molecule has 1 saturated heterocycles. The van der Waals surface area contributed by atoms with Gasteiger partial charge in [-0.05, 0) is 49.7 Å². The molecule has 2 unspecified atom stereocenters. The summed E-state index contributed by atoms with van der Waals surface area (Å²) in [7, 11) is 2.31. The third-order valence-electron chi connectivity index (χ3n) is 5.26. The largest absolute Gasteiger partial charge is 0.340 e. The van der Waals surface area contributed by atoms with Gasteiger partial charge in [-0.1, -0.05) is 39.2 Å². The van der Waals surface area contributed by atoms with E-state index >= 15 is 0 Å². The van der Waals surface area contributed by atoms with Crippen molar-refractivity contribution in [3.63, 3.8) is 0 Å². The van der Waals surface area contributed by atoms with Gasteiger partial charge in [-0.2, -0.15) is 0 Å². The van der Waals surface area contributed by atoms with E-state index in [1.165, 1.54) is 15.5 Å². The van der Waals surface area contributed by atoms with Crippen LogP contribution >= 0.6 is 21.0 Å². The van der Waals surface area contributed by atoms with Crippen molar-refractivity contribution in [3.8, 4) is 0 Å². The number of rotatable bonds is 5. The monoisotopic (exact) mass is 403 g/mol. The second kappa shape index (κ2) is 8.08. The lowest BCUT2D eigenvalue weighted by molar-refractivity contribution is 0.239. The minimum Gasteiger partial charge on any atom is -0.340 e. The maximum atomic E-state index is 14.5. The van der Waals surface area contributed by atoms with Gasteiger partial charge in [-0.25, -0.2) is 4.39 Å². The molecule has 2 aromatic carbocycles. The normalized spacial score (nSPS) is 19.3. The SMILES string of the molecule is CC(F)(P)c1ccc2c(c1)N(CCCN1CCNCC1)c1ccccc1S2. The molecule has 0 aliphatic carbocycles. The molecule has 0 bridgehead atoms. The van der Waals surface area contributed by atoms with Gasteiger partial charge < -0.3 is 15.1 Å². The van der Waals surface area contributed by atoms with Gasteiger partial charge >= 0.3 is 0 Å². The molecule has 4 rings (SSSR count). The average molecular weight is 404 g/mol. The number of halogens is 1. The lowest BCUT2D eigenvalue weighted by Gasteiger charge is -2.35. The highest BCUT2D eigenvalue weighted by molar-refractivity contribution is 7.99. The van der Waals surface area contributed by atoms with E-state index in [2.05, 4.69) is 54.7 Å². The number of para-hydroxylation sites is 1. The summed E-state index contributed by atoms with van der Waals surface area (Å²) in [5, 5.41) is 1.99. The topological polar surface area (TPSA) is 18.5 Å². The highest BCUT2D eigenvalue weighted by Crippen LogP contribution is 2.49. The lowest BCUT2D eigenvalue weighted by atomic mass is 10.1. The van der Waals surface area contributed by atoms with Gasteiger partial charge in [-0.15, -0.1) is 0 Å². The summed E-state index contributed by atoms with van der Waals surface area (Å²) in [6, 6.07) is 14.5. The molecule has 2 aromatic rings. The van der Waals surface area contributed by atoms with Crippen LogP contribution in [0.3, 0.4) is 0 Å². The molecular weight excluding hydrogens is 376 g/mol. The van der Waals surface area contributed by atoms with Crippen molar-refractivity contribution < 1.29 is 4.39 Å². The van der Waals surface area contributed by atoms with Gasteiger partial charge in [0.2, 0.25) is 0 Å². The van der Waals surface area contributed by atoms with Crippen molar-refractivity contribution in [1.29, 1.82) is 0 Å². The summed E-state index contributed by atoms with van der Waals surface area (Å²) >= 11 is 1.78. The summed E-state index contributed by atoms with van der Waals surface area (Å²) in [6.45, 7) is 8.06. The summed E-state index contributed by atoms with van der Waals surface area (Å²) in [5.74, 6) is 0. The van der Waals surface area contributed by atoms with Crippen LogP contribution in [-0.2, 0) is 5.41 Å². The second-order valence-corrected chi connectivity index (χ2v) is 9.59. The number of benzene rings is 2. The number of nitrogens with zero attached hydrogens (tertiary/aromatic N) is 2. The zero-order valence-corrected chi connectivity index (χ0v) is 17.7. The van der Waals surface area contributed by atoms with Crippen LogP contribution in [0, 0.1) is 0 Å². The van der Waals surface area contributed by atoms with E-state index in [1.54, 1.807) is 18.7 Å². The number of hydrogen-bond donors (Lipinski definition) is 1. The Hall–Kier alpha value is -1.13. The summed E-state index contributed by atoms with van der Waals surface area (Å²) in [6.07, 6.45) is 1.09. The Kier molecular flexibility index (Phi) is 5.75. The van der Waals surface area contributed by atoms with Crippen LogP contribution in [-0.4, -0.2) is 44.2 Å². The summed E-state index contributed by atoms with van der Waals surface area (Å²) in [5.41, 5.74) is 3.07. The molecule has 1 N–H and O–H groups in total. The van der Waals surface area contributed by atoms with Gasteiger partial charge in [-0.3, -0.25) is 0 Å². The third kappa shape index (κ3) is 4.32. The van der Waals surface area contributed by atoms with E-state index in [4.69, 9.17) is 0 Å². The van der Waals surface area contributed by atoms with Crippen LogP contribution < -0.4 is 10.2 Å². The first-order valence-electron chi connectivity index (χ1n) is 9.62. The molecule has 2 atom stereocenters. The van der Waals surface area contributed by atoms with Crippen LogP contribution in [0.25, 0.3) is 0 Å². The van der Waals surface area contributed by atoms with E-state index in [-0.39, 0.29) is 0 Å². The molecule has 2 aliphatic heterocycles. The Morgan fingerprint density at radius 1 is 1.07 bits per heavy atom. The molecule has 27 heavy (non-hydrogen) atoms. The van der Waals surface area contributed by atoms with Crippen molar-refractivity contribution in [3.05, 3.63) is 48.0 Å². The summed E-state index contributed by atoms with van der Waals surface area (Å²) in [4.78, 5) is 7.38. The molecule has 0 amide bonds.